The fourth-order valence-corrected chi connectivity index (χ4v) is 10.1. The molecule has 0 spiro atoms. The van der Waals surface area contributed by atoms with Crippen LogP contribution in [0.25, 0.3) is 0 Å². The van der Waals surface area contributed by atoms with Crippen molar-refractivity contribution in [3.8, 4) is 0 Å². The Morgan fingerprint density at radius 2 is 1.68 bits per heavy atom. The van der Waals surface area contributed by atoms with Crippen molar-refractivity contribution >= 4 is 11.9 Å². The number of aliphatic carboxylic acids is 1. The molecule has 4 nitrogen and oxygen atoms in total. The van der Waals surface area contributed by atoms with E-state index in [4.69, 9.17) is 4.74 Å². The predicted molar refractivity (Wildman–Crippen MR) is 133 cm³/mol. The summed E-state index contributed by atoms with van der Waals surface area (Å²) >= 11 is 0. The first kappa shape index (κ1) is 24.4. The van der Waals surface area contributed by atoms with Crippen molar-refractivity contribution in [2.75, 3.05) is 0 Å². The van der Waals surface area contributed by atoms with Gasteiger partial charge in [-0.05, 0) is 104 Å². The molecular weight excluding hydrogens is 424 g/mol. The van der Waals surface area contributed by atoms with E-state index in [1.54, 1.807) is 5.57 Å². The van der Waals surface area contributed by atoms with Crippen molar-refractivity contribution in [2.24, 2.45) is 50.2 Å². The molecule has 1 heterocycles. The number of carboxylic acid groups (broad SMARTS) is 1. The molecule has 5 aliphatic rings. The van der Waals surface area contributed by atoms with Crippen LogP contribution in [0.2, 0.25) is 0 Å². The highest BCUT2D eigenvalue weighted by Gasteiger charge is 2.71. The maximum absolute atomic E-state index is 13.1. The maximum Gasteiger partial charge on any atom is 0.309 e. The molecule has 0 bridgehead atoms. The van der Waals surface area contributed by atoms with Gasteiger partial charge in [0.25, 0.3) is 0 Å². The van der Waals surface area contributed by atoms with E-state index in [0.29, 0.717) is 23.2 Å². The van der Waals surface area contributed by atoms with Gasteiger partial charge in [-0.2, -0.15) is 0 Å². The predicted octanol–water partition coefficient (Wildman–Crippen LogP) is 7.02. The van der Waals surface area contributed by atoms with Crippen LogP contribution in [0.3, 0.4) is 0 Å². The summed E-state index contributed by atoms with van der Waals surface area (Å²) in [4.78, 5) is 25.4. The average Bonchev–Trinajstić information content (AvgIpc) is 2.69. The number of rotatable bonds is 2. The second-order valence-corrected chi connectivity index (χ2v) is 15.2. The summed E-state index contributed by atoms with van der Waals surface area (Å²) in [5.41, 5.74) is 1.02. The van der Waals surface area contributed by atoms with Gasteiger partial charge in [0, 0.05) is 5.92 Å². The van der Waals surface area contributed by atoms with Crippen molar-refractivity contribution in [3.05, 3.63) is 11.6 Å². The smallest absolute Gasteiger partial charge is 0.309 e. The van der Waals surface area contributed by atoms with Gasteiger partial charge < -0.3 is 9.84 Å². The first-order valence-electron chi connectivity index (χ1n) is 13.7. The van der Waals surface area contributed by atoms with Crippen LogP contribution in [-0.2, 0) is 14.3 Å². The number of carboxylic acids is 1. The van der Waals surface area contributed by atoms with E-state index in [9.17, 15) is 14.7 Å². The fourth-order valence-electron chi connectivity index (χ4n) is 10.1. The molecule has 34 heavy (non-hydrogen) atoms. The number of hydrogen-bond donors (Lipinski definition) is 1. The molecule has 4 aliphatic carbocycles. The quantitative estimate of drug-likeness (QED) is 0.348. The molecule has 0 aromatic rings. The zero-order valence-corrected chi connectivity index (χ0v) is 22.7. The highest BCUT2D eigenvalue weighted by Crippen LogP contribution is 2.75. The molecule has 1 N–H and O–H groups in total. The summed E-state index contributed by atoms with van der Waals surface area (Å²) in [6.45, 7) is 18.3. The van der Waals surface area contributed by atoms with Gasteiger partial charge in [0.1, 0.15) is 6.10 Å². The van der Waals surface area contributed by atoms with Crippen LogP contribution in [0.4, 0.5) is 0 Å². The summed E-state index contributed by atoms with van der Waals surface area (Å²) in [5.74, 6) is -0.263. The molecule has 190 valence electrons. The van der Waals surface area contributed by atoms with Crippen LogP contribution >= 0.6 is 0 Å². The summed E-state index contributed by atoms with van der Waals surface area (Å²) in [6.07, 6.45) is 10.6. The van der Waals surface area contributed by atoms with E-state index in [0.717, 1.165) is 12.8 Å². The van der Waals surface area contributed by atoms with Crippen molar-refractivity contribution in [1.29, 1.82) is 0 Å². The second kappa shape index (κ2) is 6.91. The molecule has 0 amide bonds. The van der Waals surface area contributed by atoms with E-state index in [1.807, 2.05) is 13.8 Å². The lowest BCUT2D eigenvalue weighted by atomic mass is 9.34. The Hall–Kier alpha value is -1.32. The van der Waals surface area contributed by atoms with E-state index in [1.165, 1.54) is 32.1 Å². The SMILES string of the molecule is CC1(C)CC[C@]2(C)CC[C@]3(C)C(=C[C@H]4OC(=O)C[C@]5(C)[C@@H]4[C@@]3(C)CC[C@H]5C(C)(C)C(=O)O)[C@@H]2C1. The molecule has 0 aromatic heterocycles. The number of esters is 1. The molecule has 0 radical (unpaired) electrons. The molecule has 0 aromatic carbocycles. The monoisotopic (exact) mass is 470 g/mol. The highest BCUT2D eigenvalue weighted by molar-refractivity contribution is 5.76. The van der Waals surface area contributed by atoms with Gasteiger partial charge in [-0.15, -0.1) is 0 Å². The molecule has 1 saturated heterocycles. The summed E-state index contributed by atoms with van der Waals surface area (Å²) in [7, 11) is 0. The Morgan fingerprint density at radius 3 is 2.32 bits per heavy atom. The lowest BCUT2D eigenvalue weighted by Gasteiger charge is -2.71. The maximum atomic E-state index is 13.1. The zero-order valence-electron chi connectivity index (χ0n) is 22.7. The van der Waals surface area contributed by atoms with E-state index in [2.05, 4.69) is 47.6 Å². The van der Waals surface area contributed by atoms with Crippen molar-refractivity contribution in [1.82, 2.24) is 0 Å². The van der Waals surface area contributed by atoms with Gasteiger partial charge in [0.15, 0.2) is 0 Å². The van der Waals surface area contributed by atoms with Crippen molar-refractivity contribution in [2.45, 2.75) is 113 Å². The molecular formula is C30H46O4. The van der Waals surface area contributed by atoms with Gasteiger partial charge >= 0.3 is 11.9 Å². The Kier molecular flexibility index (Phi) is 4.96. The largest absolute Gasteiger partial charge is 0.481 e. The Morgan fingerprint density at radius 1 is 1.03 bits per heavy atom. The van der Waals surface area contributed by atoms with Crippen molar-refractivity contribution < 1.29 is 19.4 Å². The summed E-state index contributed by atoms with van der Waals surface area (Å²) < 4.78 is 6.17. The number of allylic oxidation sites excluding steroid dienone is 1. The Bertz CT molecular complexity index is 961. The highest BCUT2D eigenvalue weighted by atomic mass is 16.5. The number of ether oxygens (including phenoxy) is 1. The van der Waals surface area contributed by atoms with Crippen LogP contribution < -0.4 is 0 Å². The minimum atomic E-state index is -0.873. The third-order valence-corrected chi connectivity index (χ3v) is 12.5. The molecule has 3 saturated carbocycles. The van der Waals surface area contributed by atoms with Crippen LogP contribution in [0.15, 0.2) is 11.6 Å². The van der Waals surface area contributed by atoms with Gasteiger partial charge in [-0.3, -0.25) is 9.59 Å². The molecule has 4 heteroatoms. The number of hydrogen-bond acceptors (Lipinski definition) is 3. The minimum Gasteiger partial charge on any atom is -0.481 e. The van der Waals surface area contributed by atoms with Gasteiger partial charge in [0.2, 0.25) is 0 Å². The van der Waals surface area contributed by atoms with E-state index in [-0.39, 0.29) is 40.2 Å². The molecule has 1 aliphatic heterocycles. The number of carbonyl (C=O) groups is 2. The lowest BCUT2D eigenvalue weighted by molar-refractivity contribution is -0.231. The first-order chi connectivity index (χ1) is 15.5. The minimum absolute atomic E-state index is 0.00873. The number of carbonyl (C=O) groups excluding carboxylic acids is 1. The Balaban J connectivity index is 1.67. The van der Waals surface area contributed by atoms with Gasteiger partial charge in [-0.25, -0.2) is 0 Å². The van der Waals surface area contributed by atoms with E-state index >= 15 is 0 Å². The normalized spacial score (nSPS) is 49.6. The third-order valence-electron chi connectivity index (χ3n) is 12.5. The summed E-state index contributed by atoms with van der Waals surface area (Å²) in [6, 6.07) is 0. The number of fused-ring (bicyclic) bond motifs is 4. The first-order valence-corrected chi connectivity index (χ1v) is 13.7. The fraction of sp³-hybridized carbons (Fsp3) is 0.867. The molecule has 5 rings (SSSR count). The van der Waals surface area contributed by atoms with E-state index < -0.39 is 11.4 Å². The zero-order chi connectivity index (χ0) is 25.1. The van der Waals surface area contributed by atoms with Crippen LogP contribution in [0.1, 0.15) is 107 Å². The standard InChI is InChI=1S/C30H46O4/c1-25(2)11-12-27(5)13-14-29(7)18(19(27)16-25)15-20-23-28(6,17-22(31)34-20)21(9-10-30(23,29)8)26(3,4)24(32)33/h15,19-21,23H,9-14,16-17H2,1-8H3,(H,32,33)/t19-,20+,21-,23+,27+,28-,29+,30+/m0/s1. The Labute approximate surface area is 206 Å². The summed E-state index contributed by atoms with van der Waals surface area (Å²) in [5, 5.41) is 10.1. The van der Waals surface area contributed by atoms with Crippen LogP contribution in [-0.4, -0.2) is 23.1 Å². The third kappa shape index (κ3) is 2.95. The molecule has 4 fully saturated rings. The molecule has 8 atom stereocenters. The van der Waals surface area contributed by atoms with Crippen LogP contribution in [0, 0.1) is 50.2 Å². The van der Waals surface area contributed by atoms with Gasteiger partial charge in [-0.1, -0.05) is 47.1 Å². The van der Waals surface area contributed by atoms with Crippen LogP contribution in [0.5, 0.6) is 0 Å². The second-order valence-electron chi connectivity index (χ2n) is 15.2. The van der Waals surface area contributed by atoms with Crippen molar-refractivity contribution in [3.63, 3.8) is 0 Å². The average molecular weight is 471 g/mol. The van der Waals surface area contributed by atoms with Gasteiger partial charge in [0.05, 0.1) is 11.8 Å². The lowest BCUT2D eigenvalue weighted by Crippen LogP contribution is -2.68. The topological polar surface area (TPSA) is 63.6 Å². The molecule has 0 unspecified atom stereocenters.